The molecule has 0 radical (unpaired) electrons. The van der Waals surface area contributed by atoms with E-state index in [2.05, 4.69) is 9.97 Å². The Bertz CT molecular complexity index is 687. The quantitative estimate of drug-likeness (QED) is 0.769. The molecule has 3 rings (SSSR count). The van der Waals surface area contributed by atoms with Gasteiger partial charge in [0, 0.05) is 23.0 Å². The Morgan fingerprint density at radius 2 is 1.79 bits per heavy atom. The van der Waals surface area contributed by atoms with Gasteiger partial charge in [-0.3, -0.25) is 4.98 Å². The maximum atomic E-state index is 6.08. The van der Waals surface area contributed by atoms with E-state index >= 15 is 0 Å². The molecule has 0 aliphatic carbocycles. The largest absolute Gasteiger partial charge is 0.389 e. The van der Waals surface area contributed by atoms with Gasteiger partial charge in [0.05, 0.1) is 0 Å². The van der Waals surface area contributed by atoms with Gasteiger partial charge in [0.25, 0.3) is 0 Å². The van der Waals surface area contributed by atoms with Crippen molar-refractivity contribution in [1.29, 1.82) is 0 Å². The molecule has 2 aromatic heterocycles. The van der Waals surface area contributed by atoms with Gasteiger partial charge < -0.3 is 5.73 Å². The SMILES string of the molecule is Cc1ccc(-c2nc(-c3ccccc3)sc2N)cn1. The molecule has 0 aliphatic heterocycles. The van der Waals surface area contributed by atoms with Crippen LogP contribution in [0.1, 0.15) is 5.69 Å². The first kappa shape index (κ1) is 11.9. The average molecular weight is 267 g/mol. The first-order chi connectivity index (χ1) is 9.24. The zero-order chi connectivity index (χ0) is 13.2. The van der Waals surface area contributed by atoms with E-state index in [0.717, 1.165) is 32.5 Å². The van der Waals surface area contributed by atoms with E-state index in [-0.39, 0.29) is 0 Å². The van der Waals surface area contributed by atoms with Crippen molar-refractivity contribution in [2.45, 2.75) is 6.92 Å². The van der Waals surface area contributed by atoms with Crippen molar-refractivity contribution in [2.75, 3.05) is 5.73 Å². The molecule has 0 unspecified atom stereocenters. The Hall–Kier alpha value is -2.20. The van der Waals surface area contributed by atoms with E-state index in [1.807, 2.05) is 55.6 Å². The summed E-state index contributed by atoms with van der Waals surface area (Å²) < 4.78 is 0. The van der Waals surface area contributed by atoms with E-state index in [4.69, 9.17) is 5.73 Å². The summed E-state index contributed by atoms with van der Waals surface area (Å²) in [7, 11) is 0. The van der Waals surface area contributed by atoms with Crippen molar-refractivity contribution < 1.29 is 0 Å². The Labute approximate surface area is 115 Å². The van der Waals surface area contributed by atoms with Gasteiger partial charge in [0.2, 0.25) is 0 Å². The highest BCUT2D eigenvalue weighted by Gasteiger charge is 2.11. The topological polar surface area (TPSA) is 51.8 Å². The van der Waals surface area contributed by atoms with Crippen LogP contribution in [0.15, 0.2) is 48.7 Å². The molecule has 0 saturated heterocycles. The monoisotopic (exact) mass is 267 g/mol. The second kappa shape index (κ2) is 4.82. The predicted octanol–water partition coefficient (Wildman–Crippen LogP) is 3.76. The first-order valence-corrected chi connectivity index (χ1v) is 6.80. The number of nitrogen functional groups attached to an aromatic ring is 1. The van der Waals surface area contributed by atoms with Gasteiger partial charge in [-0.2, -0.15) is 0 Å². The number of rotatable bonds is 2. The van der Waals surface area contributed by atoms with E-state index in [1.54, 1.807) is 0 Å². The zero-order valence-electron chi connectivity index (χ0n) is 10.5. The fourth-order valence-electron chi connectivity index (χ4n) is 1.85. The maximum absolute atomic E-state index is 6.08. The predicted molar refractivity (Wildman–Crippen MR) is 79.9 cm³/mol. The molecule has 0 amide bonds. The summed E-state index contributed by atoms with van der Waals surface area (Å²) in [6.07, 6.45) is 1.82. The van der Waals surface area contributed by atoms with Crippen molar-refractivity contribution in [3.63, 3.8) is 0 Å². The van der Waals surface area contributed by atoms with E-state index in [9.17, 15) is 0 Å². The van der Waals surface area contributed by atoms with E-state index in [1.165, 1.54) is 11.3 Å². The lowest BCUT2D eigenvalue weighted by molar-refractivity contribution is 1.20. The molecule has 94 valence electrons. The first-order valence-electron chi connectivity index (χ1n) is 5.99. The van der Waals surface area contributed by atoms with Gasteiger partial charge in [-0.05, 0) is 19.1 Å². The number of thiazole rings is 1. The lowest BCUT2D eigenvalue weighted by Crippen LogP contribution is -1.88. The number of nitrogens with two attached hydrogens (primary N) is 1. The minimum atomic E-state index is 0.726. The van der Waals surface area contributed by atoms with Crippen LogP contribution in [0.25, 0.3) is 21.8 Å². The van der Waals surface area contributed by atoms with Crippen molar-refractivity contribution in [3.8, 4) is 21.8 Å². The highest BCUT2D eigenvalue weighted by Crippen LogP contribution is 2.35. The summed E-state index contributed by atoms with van der Waals surface area (Å²) in [4.78, 5) is 8.92. The normalized spacial score (nSPS) is 10.6. The summed E-state index contributed by atoms with van der Waals surface area (Å²) in [6, 6.07) is 14.0. The summed E-state index contributed by atoms with van der Waals surface area (Å²) in [5.41, 5.74) is 9.93. The maximum Gasteiger partial charge on any atom is 0.126 e. The fraction of sp³-hybridized carbons (Fsp3) is 0.0667. The molecule has 4 heteroatoms. The molecular weight excluding hydrogens is 254 g/mol. The summed E-state index contributed by atoms with van der Waals surface area (Å²) in [5, 5.41) is 1.66. The Morgan fingerprint density at radius 1 is 1.00 bits per heavy atom. The van der Waals surface area contributed by atoms with Crippen LogP contribution in [0, 0.1) is 6.92 Å². The van der Waals surface area contributed by atoms with E-state index < -0.39 is 0 Å². The minimum Gasteiger partial charge on any atom is -0.389 e. The van der Waals surface area contributed by atoms with Crippen LogP contribution in [0.3, 0.4) is 0 Å². The lowest BCUT2D eigenvalue weighted by Gasteiger charge is -1.98. The van der Waals surface area contributed by atoms with Crippen LogP contribution in [-0.2, 0) is 0 Å². The molecule has 0 aliphatic rings. The number of anilines is 1. The molecule has 3 aromatic rings. The van der Waals surface area contributed by atoms with Crippen LogP contribution >= 0.6 is 11.3 Å². The van der Waals surface area contributed by atoms with Gasteiger partial charge in [-0.1, -0.05) is 41.7 Å². The number of benzene rings is 1. The number of hydrogen-bond donors (Lipinski definition) is 1. The number of hydrogen-bond acceptors (Lipinski definition) is 4. The molecule has 3 nitrogen and oxygen atoms in total. The molecule has 0 fully saturated rings. The third-order valence-corrected chi connectivity index (χ3v) is 3.79. The highest BCUT2D eigenvalue weighted by molar-refractivity contribution is 7.19. The highest BCUT2D eigenvalue weighted by atomic mass is 32.1. The molecule has 0 saturated carbocycles. The van der Waals surface area contributed by atoms with E-state index in [0.29, 0.717) is 0 Å². The Balaban J connectivity index is 2.05. The van der Waals surface area contributed by atoms with Crippen LogP contribution in [-0.4, -0.2) is 9.97 Å². The summed E-state index contributed by atoms with van der Waals surface area (Å²) in [5.74, 6) is 0. The smallest absolute Gasteiger partial charge is 0.126 e. The molecule has 0 spiro atoms. The molecule has 1 aromatic carbocycles. The second-order valence-corrected chi connectivity index (χ2v) is 5.32. The fourth-order valence-corrected chi connectivity index (χ4v) is 2.71. The third kappa shape index (κ3) is 2.35. The van der Waals surface area contributed by atoms with Crippen LogP contribution in [0.2, 0.25) is 0 Å². The molecule has 0 atom stereocenters. The average Bonchev–Trinajstić information content (AvgIpc) is 2.83. The Morgan fingerprint density at radius 3 is 2.47 bits per heavy atom. The van der Waals surface area contributed by atoms with Crippen molar-refractivity contribution >= 4 is 16.3 Å². The number of pyridine rings is 1. The van der Waals surface area contributed by atoms with Crippen molar-refractivity contribution in [3.05, 3.63) is 54.4 Å². The van der Waals surface area contributed by atoms with Crippen LogP contribution in [0.5, 0.6) is 0 Å². The molecule has 2 heterocycles. The molecular formula is C15H13N3S. The van der Waals surface area contributed by atoms with Crippen molar-refractivity contribution in [2.24, 2.45) is 0 Å². The van der Waals surface area contributed by atoms with Crippen LogP contribution in [0.4, 0.5) is 5.00 Å². The Kier molecular flexibility index (Phi) is 3.01. The number of nitrogens with zero attached hydrogens (tertiary/aromatic N) is 2. The van der Waals surface area contributed by atoms with Crippen LogP contribution < -0.4 is 5.73 Å². The summed E-state index contributed by atoms with van der Waals surface area (Å²) >= 11 is 1.51. The molecule has 0 bridgehead atoms. The third-order valence-electron chi connectivity index (χ3n) is 2.86. The number of aryl methyl sites for hydroxylation is 1. The standard InChI is InChI=1S/C15H13N3S/c1-10-7-8-12(9-17-10)13-14(16)19-15(18-13)11-5-3-2-4-6-11/h2-9H,16H2,1H3. The summed E-state index contributed by atoms with van der Waals surface area (Å²) in [6.45, 7) is 1.96. The van der Waals surface area contributed by atoms with Gasteiger partial charge >= 0.3 is 0 Å². The zero-order valence-corrected chi connectivity index (χ0v) is 11.3. The molecule has 19 heavy (non-hydrogen) atoms. The second-order valence-electron chi connectivity index (χ2n) is 4.29. The van der Waals surface area contributed by atoms with Gasteiger partial charge in [-0.25, -0.2) is 4.98 Å². The number of aromatic nitrogens is 2. The van der Waals surface area contributed by atoms with Crippen molar-refractivity contribution in [1.82, 2.24) is 9.97 Å². The van der Waals surface area contributed by atoms with Gasteiger partial charge in [0.15, 0.2) is 0 Å². The molecule has 2 N–H and O–H groups in total. The van der Waals surface area contributed by atoms with Gasteiger partial charge in [0.1, 0.15) is 15.7 Å². The minimum absolute atomic E-state index is 0.726. The van der Waals surface area contributed by atoms with Gasteiger partial charge in [-0.15, -0.1) is 0 Å². The lowest BCUT2D eigenvalue weighted by atomic mass is 10.2.